The molecule has 1 rings (SSSR count). The fourth-order valence-electron chi connectivity index (χ4n) is 1.19. The molecular formula is C10H11BrO3. The number of benzene rings is 1. The molecule has 0 unspecified atom stereocenters. The van der Waals surface area contributed by atoms with Gasteiger partial charge in [-0.3, -0.25) is 4.79 Å². The molecule has 0 N–H and O–H groups in total. The van der Waals surface area contributed by atoms with Crippen molar-refractivity contribution in [2.45, 2.75) is 6.92 Å². The first kappa shape index (κ1) is 11.0. The molecule has 0 aliphatic carbocycles. The molecule has 0 fully saturated rings. The van der Waals surface area contributed by atoms with Crippen LogP contribution < -0.4 is 9.47 Å². The van der Waals surface area contributed by atoms with E-state index in [0.29, 0.717) is 17.1 Å². The zero-order chi connectivity index (χ0) is 10.7. The van der Waals surface area contributed by atoms with Crippen molar-refractivity contribution in [2.24, 2.45) is 0 Å². The zero-order valence-electron chi connectivity index (χ0n) is 8.26. The van der Waals surface area contributed by atoms with Gasteiger partial charge in [0.05, 0.1) is 19.8 Å². The summed E-state index contributed by atoms with van der Waals surface area (Å²) in [6.07, 6.45) is 0. The molecule has 4 heteroatoms. The van der Waals surface area contributed by atoms with Gasteiger partial charge in [0.1, 0.15) is 0 Å². The molecule has 14 heavy (non-hydrogen) atoms. The van der Waals surface area contributed by atoms with E-state index in [1.807, 2.05) is 0 Å². The average molecular weight is 259 g/mol. The molecule has 0 aliphatic rings. The lowest BCUT2D eigenvalue weighted by Crippen LogP contribution is -2.00. The molecule has 0 aliphatic heterocycles. The predicted molar refractivity (Wildman–Crippen MR) is 57.3 cm³/mol. The number of ether oxygens (including phenoxy) is 2. The van der Waals surface area contributed by atoms with Crippen molar-refractivity contribution < 1.29 is 14.3 Å². The molecule has 1 aromatic carbocycles. The second-order valence-corrected chi connectivity index (χ2v) is 3.66. The highest BCUT2D eigenvalue weighted by Crippen LogP contribution is 2.34. The highest BCUT2D eigenvalue weighted by Gasteiger charge is 2.14. The fourth-order valence-corrected chi connectivity index (χ4v) is 1.63. The second-order valence-electron chi connectivity index (χ2n) is 2.75. The van der Waals surface area contributed by atoms with Crippen LogP contribution in [0.25, 0.3) is 0 Å². The van der Waals surface area contributed by atoms with Crippen LogP contribution >= 0.6 is 15.9 Å². The SMILES string of the molecule is COc1cc(Br)cc(C(C)=O)c1OC. The summed E-state index contributed by atoms with van der Waals surface area (Å²) in [6.45, 7) is 1.49. The fraction of sp³-hybridized carbons (Fsp3) is 0.300. The minimum absolute atomic E-state index is 0.0542. The summed E-state index contributed by atoms with van der Waals surface area (Å²) in [5, 5.41) is 0. The van der Waals surface area contributed by atoms with Crippen molar-refractivity contribution in [3.8, 4) is 11.5 Å². The van der Waals surface area contributed by atoms with Crippen LogP contribution in [0, 0.1) is 0 Å². The summed E-state index contributed by atoms with van der Waals surface area (Å²) < 4.78 is 11.0. The Labute approximate surface area is 91.1 Å². The van der Waals surface area contributed by atoms with Gasteiger partial charge < -0.3 is 9.47 Å². The largest absolute Gasteiger partial charge is 0.493 e. The number of carbonyl (C=O) groups is 1. The summed E-state index contributed by atoms with van der Waals surface area (Å²) in [6, 6.07) is 3.47. The monoisotopic (exact) mass is 258 g/mol. The maximum Gasteiger partial charge on any atom is 0.171 e. The number of ketones is 1. The van der Waals surface area contributed by atoms with Gasteiger partial charge in [-0.2, -0.15) is 0 Å². The van der Waals surface area contributed by atoms with Gasteiger partial charge in [-0.15, -0.1) is 0 Å². The molecular weight excluding hydrogens is 248 g/mol. The molecule has 0 amide bonds. The lowest BCUT2D eigenvalue weighted by Gasteiger charge is -2.11. The van der Waals surface area contributed by atoms with Crippen LogP contribution in [-0.4, -0.2) is 20.0 Å². The summed E-state index contributed by atoms with van der Waals surface area (Å²) in [5.41, 5.74) is 0.513. The van der Waals surface area contributed by atoms with Gasteiger partial charge in [0, 0.05) is 4.47 Å². The molecule has 0 heterocycles. The molecule has 0 bridgehead atoms. The quantitative estimate of drug-likeness (QED) is 0.783. The molecule has 0 saturated heterocycles. The number of Topliss-reactive ketones (excluding diaryl/α,β-unsaturated/α-hetero) is 1. The summed E-state index contributed by atoms with van der Waals surface area (Å²) in [5.74, 6) is 0.969. The first-order chi connectivity index (χ1) is 6.60. The maximum absolute atomic E-state index is 11.3. The Bertz CT molecular complexity index is 361. The summed E-state index contributed by atoms with van der Waals surface area (Å²) in [7, 11) is 3.05. The van der Waals surface area contributed by atoms with Gasteiger partial charge in [-0.05, 0) is 19.1 Å². The number of methoxy groups -OCH3 is 2. The van der Waals surface area contributed by atoms with Crippen molar-refractivity contribution >= 4 is 21.7 Å². The normalized spacial score (nSPS) is 9.71. The third-order valence-electron chi connectivity index (χ3n) is 1.82. The molecule has 0 aromatic heterocycles. The Morgan fingerprint density at radius 1 is 1.29 bits per heavy atom. The Kier molecular flexibility index (Phi) is 3.52. The van der Waals surface area contributed by atoms with E-state index < -0.39 is 0 Å². The lowest BCUT2D eigenvalue weighted by atomic mass is 10.1. The predicted octanol–water partition coefficient (Wildman–Crippen LogP) is 2.67. The average Bonchev–Trinajstić information content (AvgIpc) is 2.16. The van der Waals surface area contributed by atoms with Crippen molar-refractivity contribution in [1.29, 1.82) is 0 Å². The Balaban J connectivity index is 3.39. The number of halogens is 1. The molecule has 0 spiro atoms. The molecule has 3 nitrogen and oxygen atoms in total. The lowest BCUT2D eigenvalue weighted by molar-refractivity contribution is 0.101. The maximum atomic E-state index is 11.3. The smallest absolute Gasteiger partial charge is 0.171 e. The highest BCUT2D eigenvalue weighted by atomic mass is 79.9. The molecule has 1 aromatic rings. The van der Waals surface area contributed by atoms with Crippen molar-refractivity contribution in [2.75, 3.05) is 14.2 Å². The van der Waals surface area contributed by atoms with E-state index in [1.54, 1.807) is 12.1 Å². The first-order valence-corrected chi connectivity index (χ1v) is 4.82. The number of hydrogen-bond donors (Lipinski definition) is 0. The van der Waals surface area contributed by atoms with Crippen LogP contribution in [-0.2, 0) is 0 Å². The minimum atomic E-state index is -0.0542. The van der Waals surface area contributed by atoms with Crippen molar-refractivity contribution in [1.82, 2.24) is 0 Å². The van der Waals surface area contributed by atoms with Crippen LogP contribution in [0.3, 0.4) is 0 Å². The Hall–Kier alpha value is -1.03. The third-order valence-corrected chi connectivity index (χ3v) is 2.28. The number of rotatable bonds is 3. The Morgan fingerprint density at radius 3 is 2.36 bits per heavy atom. The number of carbonyl (C=O) groups excluding carboxylic acids is 1. The van der Waals surface area contributed by atoms with Crippen LogP contribution in [0.2, 0.25) is 0 Å². The van der Waals surface area contributed by atoms with Crippen molar-refractivity contribution in [3.05, 3.63) is 22.2 Å². The minimum Gasteiger partial charge on any atom is -0.493 e. The van der Waals surface area contributed by atoms with Gasteiger partial charge >= 0.3 is 0 Å². The highest BCUT2D eigenvalue weighted by molar-refractivity contribution is 9.10. The van der Waals surface area contributed by atoms with Gasteiger partial charge in [-0.1, -0.05) is 15.9 Å². The third kappa shape index (κ3) is 2.07. The van der Waals surface area contributed by atoms with Gasteiger partial charge in [0.2, 0.25) is 0 Å². The van der Waals surface area contributed by atoms with Crippen LogP contribution in [0.4, 0.5) is 0 Å². The van der Waals surface area contributed by atoms with E-state index in [9.17, 15) is 4.79 Å². The van der Waals surface area contributed by atoms with Gasteiger partial charge in [0.25, 0.3) is 0 Å². The van der Waals surface area contributed by atoms with E-state index in [1.165, 1.54) is 21.1 Å². The van der Waals surface area contributed by atoms with E-state index >= 15 is 0 Å². The van der Waals surface area contributed by atoms with E-state index in [4.69, 9.17) is 9.47 Å². The molecule has 76 valence electrons. The van der Waals surface area contributed by atoms with Crippen molar-refractivity contribution in [3.63, 3.8) is 0 Å². The summed E-state index contributed by atoms with van der Waals surface area (Å²) >= 11 is 3.30. The standard InChI is InChI=1S/C10H11BrO3/c1-6(12)8-4-7(11)5-9(13-2)10(8)14-3/h4-5H,1-3H3. The van der Waals surface area contributed by atoms with E-state index in [-0.39, 0.29) is 5.78 Å². The van der Waals surface area contributed by atoms with E-state index in [2.05, 4.69) is 15.9 Å². The van der Waals surface area contributed by atoms with Crippen LogP contribution in [0.15, 0.2) is 16.6 Å². The van der Waals surface area contributed by atoms with E-state index in [0.717, 1.165) is 4.47 Å². The van der Waals surface area contributed by atoms with Gasteiger partial charge in [0.15, 0.2) is 17.3 Å². The van der Waals surface area contributed by atoms with Crippen LogP contribution in [0.5, 0.6) is 11.5 Å². The molecule has 0 saturated carbocycles. The summed E-state index contributed by atoms with van der Waals surface area (Å²) in [4.78, 5) is 11.3. The molecule has 0 radical (unpaired) electrons. The first-order valence-electron chi connectivity index (χ1n) is 4.02. The van der Waals surface area contributed by atoms with Crippen LogP contribution in [0.1, 0.15) is 17.3 Å². The Morgan fingerprint density at radius 2 is 1.93 bits per heavy atom. The zero-order valence-corrected chi connectivity index (χ0v) is 9.84. The topological polar surface area (TPSA) is 35.5 Å². The second kappa shape index (κ2) is 4.46. The van der Waals surface area contributed by atoms with Gasteiger partial charge in [-0.25, -0.2) is 0 Å². The number of hydrogen-bond acceptors (Lipinski definition) is 3. The molecule has 0 atom stereocenters.